The van der Waals surface area contributed by atoms with Gasteiger partial charge in [0.15, 0.2) is 0 Å². The van der Waals surface area contributed by atoms with Crippen LogP contribution in [0.25, 0.3) is 0 Å². The second-order valence-electron chi connectivity index (χ2n) is 5.58. The zero-order valence-electron chi connectivity index (χ0n) is 9.76. The maximum atomic E-state index is 3.78. The summed E-state index contributed by atoms with van der Waals surface area (Å²) in [4.78, 5) is 0. The Kier molecular flexibility index (Phi) is 3.48. The van der Waals surface area contributed by atoms with E-state index in [1.807, 2.05) is 0 Å². The summed E-state index contributed by atoms with van der Waals surface area (Å²) in [6, 6.07) is 1.51. The van der Waals surface area contributed by atoms with Gasteiger partial charge in [-0.25, -0.2) is 0 Å². The number of nitrogens with one attached hydrogen (secondary N) is 1. The Balaban J connectivity index is 1.62. The Bertz CT molecular complexity index is 170. The van der Waals surface area contributed by atoms with Crippen molar-refractivity contribution in [1.29, 1.82) is 0 Å². The number of hydrogen-bond donors (Lipinski definition) is 1. The van der Waals surface area contributed by atoms with Gasteiger partial charge in [-0.05, 0) is 44.9 Å². The van der Waals surface area contributed by atoms with E-state index in [9.17, 15) is 0 Å². The highest BCUT2D eigenvalue weighted by atomic mass is 14.9. The van der Waals surface area contributed by atoms with Gasteiger partial charge in [0.1, 0.15) is 0 Å². The normalized spacial score (nSPS) is 27.9. The molecule has 0 aliphatic heterocycles. The molecule has 0 aromatic carbocycles. The minimum atomic E-state index is 0.746. The van der Waals surface area contributed by atoms with E-state index in [4.69, 9.17) is 0 Å². The molecule has 0 amide bonds. The fourth-order valence-corrected chi connectivity index (χ4v) is 2.82. The first-order valence-electron chi connectivity index (χ1n) is 6.51. The third-order valence-electron chi connectivity index (χ3n) is 4.32. The molecule has 0 radical (unpaired) electrons. The topological polar surface area (TPSA) is 12.0 Å². The molecule has 0 heterocycles. The monoisotopic (exact) mass is 195 g/mol. The summed E-state index contributed by atoms with van der Waals surface area (Å²) < 4.78 is 0. The fraction of sp³-hybridized carbons (Fsp3) is 1.00. The van der Waals surface area contributed by atoms with Crippen molar-refractivity contribution >= 4 is 0 Å². The van der Waals surface area contributed by atoms with Crippen molar-refractivity contribution in [1.82, 2.24) is 5.32 Å². The van der Waals surface area contributed by atoms with Crippen LogP contribution in [-0.4, -0.2) is 12.1 Å². The maximum Gasteiger partial charge on any atom is 0.00694 e. The lowest BCUT2D eigenvalue weighted by atomic mass is 9.79. The summed E-state index contributed by atoms with van der Waals surface area (Å²) >= 11 is 0. The third kappa shape index (κ3) is 2.50. The molecule has 2 saturated carbocycles. The zero-order chi connectivity index (χ0) is 9.97. The second-order valence-corrected chi connectivity index (χ2v) is 5.58. The van der Waals surface area contributed by atoms with E-state index in [1.165, 1.54) is 44.9 Å². The molecule has 0 saturated heterocycles. The Labute approximate surface area is 88.7 Å². The highest BCUT2D eigenvalue weighted by Gasteiger charge is 2.26. The molecule has 1 N–H and O–H groups in total. The van der Waals surface area contributed by atoms with E-state index in [0.717, 1.165) is 23.9 Å². The van der Waals surface area contributed by atoms with E-state index in [0.29, 0.717) is 0 Å². The Hall–Kier alpha value is -0.0400. The van der Waals surface area contributed by atoms with Crippen molar-refractivity contribution in [2.75, 3.05) is 0 Å². The zero-order valence-corrected chi connectivity index (χ0v) is 9.76. The van der Waals surface area contributed by atoms with E-state index < -0.39 is 0 Å². The van der Waals surface area contributed by atoms with Gasteiger partial charge in [0.25, 0.3) is 0 Å². The van der Waals surface area contributed by atoms with Gasteiger partial charge in [0.2, 0.25) is 0 Å². The molecule has 2 rings (SSSR count). The van der Waals surface area contributed by atoms with E-state index >= 15 is 0 Å². The van der Waals surface area contributed by atoms with E-state index in [2.05, 4.69) is 19.2 Å². The standard InChI is InChI=1S/C13H25N/c1-10(9-12-5-3-6-12)14-11(2)13-7-4-8-13/h10-14H,3-9H2,1-2H3. The SMILES string of the molecule is CC(CC1CCC1)NC(C)C1CCC1. The minimum Gasteiger partial charge on any atom is -0.311 e. The van der Waals surface area contributed by atoms with Crippen LogP contribution in [0.3, 0.4) is 0 Å². The summed E-state index contributed by atoms with van der Waals surface area (Å²) in [5.74, 6) is 2.03. The van der Waals surface area contributed by atoms with Crippen LogP contribution in [0.15, 0.2) is 0 Å². The van der Waals surface area contributed by atoms with Crippen molar-refractivity contribution in [3.8, 4) is 0 Å². The minimum absolute atomic E-state index is 0.746. The molecule has 0 spiro atoms. The lowest BCUT2D eigenvalue weighted by Crippen LogP contribution is -2.43. The molecular weight excluding hydrogens is 170 g/mol. The summed E-state index contributed by atoms with van der Waals surface area (Å²) in [6.45, 7) is 4.74. The van der Waals surface area contributed by atoms with Gasteiger partial charge in [-0.2, -0.15) is 0 Å². The molecule has 1 heteroatoms. The van der Waals surface area contributed by atoms with Crippen molar-refractivity contribution in [2.45, 2.75) is 70.9 Å². The molecule has 0 bridgehead atoms. The molecular formula is C13H25N. The van der Waals surface area contributed by atoms with Crippen LogP contribution in [0.4, 0.5) is 0 Å². The average Bonchev–Trinajstić information content (AvgIpc) is 1.93. The number of hydrogen-bond acceptors (Lipinski definition) is 1. The van der Waals surface area contributed by atoms with Crippen LogP contribution in [0.5, 0.6) is 0 Å². The molecule has 2 atom stereocenters. The van der Waals surface area contributed by atoms with Gasteiger partial charge >= 0.3 is 0 Å². The van der Waals surface area contributed by atoms with Crippen molar-refractivity contribution in [2.24, 2.45) is 11.8 Å². The van der Waals surface area contributed by atoms with Crippen LogP contribution in [0.2, 0.25) is 0 Å². The third-order valence-corrected chi connectivity index (χ3v) is 4.32. The summed E-state index contributed by atoms with van der Waals surface area (Å²) in [5, 5.41) is 3.78. The maximum absolute atomic E-state index is 3.78. The quantitative estimate of drug-likeness (QED) is 0.709. The van der Waals surface area contributed by atoms with Gasteiger partial charge in [-0.15, -0.1) is 0 Å². The first kappa shape index (κ1) is 10.5. The molecule has 2 fully saturated rings. The molecule has 2 unspecified atom stereocenters. The molecule has 2 aliphatic rings. The fourth-order valence-electron chi connectivity index (χ4n) is 2.82. The average molecular weight is 195 g/mol. The predicted octanol–water partition coefficient (Wildman–Crippen LogP) is 3.34. The predicted molar refractivity (Wildman–Crippen MR) is 61.4 cm³/mol. The van der Waals surface area contributed by atoms with E-state index in [-0.39, 0.29) is 0 Å². The van der Waals surface area contributed by atoms with Gasteiger partial charge in [-0.3, -0.25) is 0 Å². The Morgan fingerprint density at radius 1 is 1.07 bits per heavy atom. The summed E-state index contributed by atoms with van der Waals surface area (Å²) in [7, 11) is 0. The Morgan fingerprint density at radius 2 is 1.71 bits per heavy atom. The molecule has 82 valence electrons. The van der Waals surface area contributed by atoms with Gasteiger partial charge in [0, 0.05) is 12.1 Å². The van der Waals surface area contributed by atoms with Gasteiger partial charge < -0.3 is 5.32 Å². The second kappa shape index (κ2) is 4.65. The molecule has 2 aliphatic carbocycles. The largest absolute Gasteiger partial charge is 0.311 e. The summed E-state index contributed by atoms with van der Waals surface area (Å²) in [5.41, 5.74) is 0. The molecule has 1 nitrogen and oxygen atoms in total. The van der Waals surface area contributed by atoms with Crippen LogP contribution >= 0.6 is 0 Å². The van der Waals surface area contributed by atoms with E-state index in [1.54, 1.807) is 0 Å². The van der Waals surface area contributed by atoms with Crippen LogP contribution < -0.4 is 5.32 Å². The molecule has 0 aromatic heterocycles. The Morgan fingerprint density at radius 3 is 2.14 bits per heavy atom. The highest BCUT2D eigenvalue weighted by molar-refractivity contribution is 4.83. The molecule has 14 heavy (non-hydrogen) atoms. The van der Waals surface area contributed by atoms with Crippen molar-refractivity contribution in [3.05, 3.63) is 0 Å². The van der Waals surface area contributed by atoms with Crippen LogP contribution in [0.1, 0.15) is 58.8 Å². The lowest BCUT2D eigenvalue weighted by molar-refractivity contribution is 0.205. The van der Waals surface area contributed by atoms with Crippen molar-refractivity contribution < 1.29 is 0 Å². The van der Waals surface area contributed by atoms with Crippen molar-refractivity contribution in [3.63, 3.8) is 0 Å². The van der Waals surface area contributed by atoms with Crippen LogP contribution in [-0.2, 0) is 0 Å². The first-order chi connectivity index (χ1) is 6.75. The number of rotatable bonds is 5. The van der Waals surface area contributed by atoms with Gasteiger partial charge in [0.05, 0.1) is 0 Å². The van der Waals surface area contributed by atoms with Gasteiger partial charge in [-0.1, -0.05) is 25.7 Å². The molecule has 0 aromatic rings. The van der Waals surface area contributed by atoms with Crippen LogP contribution in [0, 0.1) is 11.8 Å². The summed E-state index contributed by atoms with van der Waals surface area (Å²) in [6.07, 6.45) is 10.3. The lowest BCUT2D eigenvalue weighted by Gasteiger charge is -2.36. The first-order valence-corrected chi connectivity index (χ1v) is 6.51. The smallest absolute Gasteiger partial charge is 0.00694 e. The highest BCUT2D eigenvalue weighted by Crippen LogP contribution is 2.32.